The summed E-state index contributed by atoms with van der Waals surface area (Å²) < 4.78 is 24.7. The third-order valence-electron chi connectivity index (χ3n) is 3.16. The number of nitrogens with zero attached hydrogens (tertiary/aromatic N) is 1. The minimum absolute atomic E-state index is 0.0221. The Hall–Kier alpha value is -2.21. The van der Waals surface area contributed by atoms with Gasteiger partial charge in [-0.3, -0.25) is 4.98 Å². The van der Waals surface area contributed by atoms with E-state index in [4.69, 9.17) is 0 Å². The number of hydrogen-bond acceptors (Lipinski definition) is 4. The maximum Gasteiger partial charge on any atom is 0.336 e. The zero-order valence-corrected chi connectivity index (χ0v) is 12.3. The third kappa shape index (κ3) is 3.46. The highest BCUT2D eigenvalue weighted by molar-refractivity contribution is 7.90. The van der Waals surface area contributed by atoms with Gasteiger partial charge < -0.3 is 5.11 Å². The summed E-state index contributed by atoms with van der Waals surface area (Å²) in [6.07, 6.45) is 3.58. The number of benzene rings is 1. The van der Waals surface area contributed by atoms with Crippen LogP contribution in [0.2, 0.25) is 0 Å². The smallest absolute Gasteiger partial charge is 0.336 e. The first kappa shape index (κ1) is 15.2. The lowest BCUT2D eigenvalue weighted by Gasteiger charge is -2.08. The van der Waals surface area contributed by atoms with Gasteiger partial charge in [0, 0.05) is 12.4 Å². The summed E-state index contributed by atoms with van der Waals surface area (Å²) in [5.41, 5.74) is 1.26. The number of carboxylic acids is 1. The van der Waals surface area contributed by atoms with E-state index in [2.05, 4.69) is 4.98 Å². The van der Waals surface area contributed by atoms with Crippen molar-refractivity contribution in [3.05, 3.63) is 59.4 Å². The molecule has 0 bridgehead atoms. The second-order valence-corrected chi connectivity index (χ2v) is 6.58. The SMILES string of the molecule is CCc1ccc(S(=O)(=O)Cc2ccncc2)cc1C(=O)O. The van der Waals surface area contributed by atoms with Crippen LogP contribution in [0.3, 0.4) is 0 Å². The van der Waals surface area contributed by atoms with Crippen molar-refractivity contribution >= 4 is 15.8 Å². The van der Waals surface area contributed by atoms with Gasteiger partial charge in [-0.2, -0.15) is 0 Å². The van der Waals surface area contributed by atoms with Crippen LogP contribution in [0.1, 0.15) is 28.4 Å². The van der Waals surface area contributed by atoms with E-state index in [9.17, 15) is 18.3 Å². The Labute approximate surface area is 123 Å². The van der Waals surface area contributed by atoms with Crippen LogP contribution in [0.5, 0.6) is 0 Å². The maximum absolute atomic E-state index is 12.4. The van der Waals surface area contributed by atoms with Gasteiger partial charge in [-0.1, -0.05) is 13.0 Å². The van der Waals surface area contributed by atoms with E-state index >= 15 is 0 Å². The molecular weight excluding hydrogens is 290 g/mol. The van der Waals surface area contributed by atoms with Gasteiger partial charge in [-0.25, -0.2) is 13.2 Å². The van der Waals surface area contributed by atoms with Gasteiger partial charge in [0.05, 0.1) is 16.2 Å². The average Bonchev–Trinajstić information content (AvgIpc) is 2.47. The fourth-order valence-electron chi connectivity index (χ4n) is 2.04. The fraction of sp³-hybridized carbons (Fsp3) is 0.200. The number of aromatic carboxylic acids is 1. The lowest BCUT2D eigenvalue weighted by atomic mass is 10.1. The number of sulfone groups is 1. The molecule has 1 aromatic carbocycles. The van der Waals surface area contributed by atoms with Crippen molar-refractivity contribution in [2.24, 2.45) is 0 Å². The number of hydrogen-bond donors (Lipinski definition) is 1. The summed E-state index contributed by atoms with van der Waals surface area (Å²) in [7, 11) is -3.59. The van der Waals surface area contributed by atoms with Crippen molar-refractivity contribution in [1.82, 2.24) is 4.98 Å². The molecule has 1 N–H and O–H groups in total. The number of carbonyl (C=O) groups is 1. The molecule has 0 aliphatic heterocycles. The zero-order chi connectivity index (χ0) is 15.5. The van der Waals surface area contributed by atoms with Crippen molar-refractivity contribution in [3.63, 3.8) is 0 Å². The molecule has 0 saturated carbocycles. The highest BCUT2D eigenvalue weighted by Crippen LogP contribution is 2.20. The van der Waals surface area contributed by atoms with Crippen molar-refractivity contribution < 1.29 is 18.3 Å². The van der Waals surface area contributed by atoms with Crippen LogP contribution < -0.4 is 0 Å². The predicted molar refractivity (Wildman–Crippen MR) is 77.9 cm³/mol. The minimum atomic E-state index is -3.59. The molecule has 0 fully saturated rings. The molecule has 0 aliphatic carbocycles. The Morgan fingerprint density at radius 2 is 1.86 bits per heavy atom. The summed E-state index contributed by atoms with van der Waals surface area (Å²) in [5, 5.41) is 9.17. The summed E-state index contributed by atoms with van der Waals surface area (Å²) in [6.45, 7) is 1.83. The molecule has 2 aromatic rings. The molecule has 1 heterocycles. The van der Waals surface area contributed by atoms with Gasteiger partial charge in [-0.15, -0.1) is 0 Å². The molecule has 0 unspecified atom stereocenters. The van der Waals surface area contributed by atoms with Gasteiger partial charge in [0.25, 0.3) is 0 Å². The second-order valence-electron chi connectivity index (χ2n) is 4.59. The summed E-state index contributed by atoms with van der Waals surface area (Å²) in [6, 6.07) is 7.49. The van der Waals surface area contributed by atoms with E-state index in [1.165, 1.54) is 24.5 Å². The number of carboxylic acid groups (broad SMARTS) is 1. The highest BCUT2D eigenvalue weighted by Gasteiger charge is 2.19. The fourth-order valence-corrected chi connectivity index (χ4v) is 3.41. The van der Waals surface area contributed by atoms with Crippen molar-refractivity contribution in [2.45, 2.75) is 24.0 Å². The molecule has 0 atom stereocenters. The zero-order valence-electron chi connectivity index (χ0n) is 11.5. The first-order chi connectivity index (χ1) is 9.94. The summed E-state index contributed by atoms with van der Waals surface area (Å²) in [5.74, 6) is -1.30. The van der Waals surface area contributed by atoms with Crippen LogP contribution in [0.15, 0.2) is 47.6 Å². The van der Waals surface area contributed by atoms with Crippen LogP contribution in [0, 0.1) is 0 Å². The molecule has 0 saturated heterocycles. The van der Waals surface area contributed by atoms with Gasteiger partial charge in [0.1, 0.15) is 0 Å². The molecule has 6 heteroatoms. The molecular formula is C15H15NO4S. The van der Waals surface area contributed by atoms with Crippen LogP contribution in [-0.2, 0) is 22.0 Å². The number of aromatic nitrogens is 1. The lowest BCUT2D eigenvalue weighted by Crippen LogP contribution is -2.09. The topological polar surface area (TPSA) is 84.3 Å². The monoisotopic (exact) mass is 305 g/mol. The summed E-state index contributed by atoms with van der Waals surface area (Å²) >= 11 is 0. The van der Waals surface area contributed by atoms with E-state index in [0.29, 0.717) is 17.5 Å². The Kier molecular flexibility index (Phi) is 4.37. The van der Waals surface area contributed by atoms with E-state index in [1.807, 2.05) is 6.92 Å². The first-order valence-corrected chi connectivity index (χ1v) is 8.07. The molecule has 0 amide bonds. The van der Waals surface area contributed by atoms with Crippen LogP contribution in [0.25, 0.3) is 0 Å². The van der Waals surface area contributed by atoms with Crippen LogP contribution >= 0.6 is 0 Å². The first-order valence-electron chi connectivity index (χ1n) is 6.42. The van der Waals surface area contributed by atoms with Crippen molar-refractivity contribution in [1.29, 1.82) is 0 Å². The molecule has 0 radical (unpaired) electrons. The number of aryl methyl sites for hydroxylation is 1. The van der Waals surface area contributed by atoms with Gasteiger partial charge in [-0.05, 0) is 41.8 Å². The highest BCUT2D eigenvalue weighted by atomic mass is 32.2. The van der Waals surface area contributed by atoms with Gasteiger partial charge in [0.15, 0.2) is 9.84 Å². The Morgan fingerprint density at radius 1 is 1.19 bits per heavy atom. The molecule has 21 heavy (non-hydrogen) atoms. The molecule has 0 aliphatic rings. The normalized spacial score (nSPS) is 11.3. The standard InChI is InChI=1S/C15H15NO4S/c1-2-12-3-4-13(9-14(12)15(17)18)21(19,20)10-11-5-7-16-8-6-11/h3-9H,2,10H2,1H3,(H,17,18). The molecule has 110 valence electrons. The molecule has 0 spiro atoms. The van der Waals surface area contributed by atoms with Crippen molar-refractivity contribution in [2.75, 3.05) is 0 Å². The number of rotatable bonds is 5. The minimum Gasteiger partial charge on any atom is -0.478 e. The van der Waals surface area contributed by atoms with Crippen LogP contribution in [0.4, 0.5) is 0 Å². The molecule has 2 rings (SSSR count). The third-order valence-corrected chi connectivity index (χ3v) is 4.84. The second kappa shape index (κ2) is 6.05. The van der Waals surface area contributed by atoms with Crippen molar-refractivity contribution in [3.8, 4) is 0 Å². The summed E-state index contributed by atoms with van der Waals surface area (Å²) in [4.78, 5) is 15.1. The van der Waals surface area contributed by atoms with E-state index in [-0.39, 0.29) is 16.2 Å². The Morgan fingerprint density at radius 3 is 2.43 bits per heavy atom. The predicted octanol–water partition coefficient (Wildman–Crippen LogP) is 2.32. The Balaban J connectivity index is 2.41. The average molecular weight is 305 g/mol. The molecule has 1 aromatic heterocycles. The van der Waals surface area contributed by atoms with Crippen LogP contribution in [-0.4, -0.2) is 24.5 Å². The van der Waals surface area contributed by atoms with Gasteiger partial charge in [0.2, 0.25) is 0 Å². The van der Waals surface area contributed by atoms with Gasteiger partial charge >= 0.3 is 5.97 Å². The van der Waals surface area contributed by atoms with E-state index in [0.717, 1.165) is 0 Å². The maximum atomic E-state index is 12.4. The lowest BCUT2D eigenvalue weighted by molar-refractivity contribution is 0.0695. The number of pyridine rings is 1. The largest absolute Gasteiger partial charge is 0.478 e. The molecule has 5 nitrogen and oxygen atoms in total. The quantitative estimate of drug-likeness (QED) is 0.916. The Bertz CT molecular complexity index is 754. The van der Waals surface area contributed by atoms with E-state index in [1.54, 1.807) is 18.2 Å². The van der Waals surface area contributed by atoms with E-state index < -0.39 is 15.8 Å².